The van der Waals surface area contributed by atoms with Gasteiger partial charge in [0.25, 0.3) is 5.24 Å². The molecule has 2 aromatic carbocycles. The first-order valence-corrected chi connectivity index (χ1v) is 10.1. The fourth-order valence-electron chi connectivity index (χ4n) is 3.28. The number of hydrogen-bond acceptors (Lipinski definition) is 6. The van der Waals surface area contributed by atoms with E-state index in [1.165, 1.54) is 0 Å². The molecule has 2 aliphatic heterocycles. The van der Waals surface area contributed by atoms with Crippen LogP contribution in [0.25, 0.3) is 0 Å². The van der Waals surface area contributed by atoms with Gasteiger partial charge in [-0.2, -0.15) is 0 Å². The molecule has 150 valence electrons. The fraction of sp³-hybridized carbons (Fsp3) is 0.286. The van der Waals surface area contributed by atoms with E-state index in [0.29, 0.717) is 30.9 Å². The van der Waals surface area contributed by atoms with Crippen LogP contribution in [0.1, 0.15) is 11.1 Å². The van der Waals surface area contributed by atoms with Gasteiger partial charge in [-0.3, -0.25) is 14.9 Å². The second kappa shape index (κ2) is 8.16. The van der Waals surface area contributed by atoms with E-state index in [9.17, 15) is 14.4 Å². The third kappa shape index (κ3) is 4.71. The summed E-state index contributed by atoms with van der Waals surface area (Å²) in [5.74, 6) is 1.16. The molecule has 2 unspecified atom stereocenters. The molecule has 2 atom stereocenters. The van der Waals surface area contributed by atoms with Gasteiger partial charge >= 0.3 is 6.09 Å². The van der Waals surface area contributed by atoms with Crippen molar-refractivity contribution >= 4 is 29.0 Å². The summed E-state index contributed by atoms with van der Waals surface area (Å²) >= 11 is 1.03. The van der Waals surface area contributed by atoms with Crippen LogP contribution in [0, 0.1) is 0 Å². The van der Waals surface area contributed by atoms with Crippen LogP contribution in [-0.2, 0) is 22.4 Å². The van der Waals surface area contributed by atoms with Crippen molar-refractivity contribution in [3.8, 4) is 11.5 Å². The molecule has 2 aromatic rings. The Morgan fingerprint density at radius 2 is 1.59 bits per heavy atom. The molecule has 3 amide bonds. The van der Waals surface area contributed by atoms with Crippen molar-refractivity contribution in [2.24, 2.45) is 0 Å². The Morgan fingerprint density at radius 1 is 1.00 bits per heavy atom. The number of likely N-dealkylation sites (N-methyl/N-ethyl adjacent to an activating group) is 1. The van der Waals surface area contributed by atoms with Crippen molar-refractivity contribution in [3.63, 3.8) is 0 Å². The number of benzene rings is 2. The van der Waals surface area contributed by atoms with Crippen LogP contribution in [0.2, 0.25) is 0 Å². The minimum Gasteiger partial charge on any atom is -0.457 e. The number of carbonyl (C=O) groups excluding carboxylic acids is 3. The van der Waals surface area contributed by atoms with Crippen LogP contribution in [0.5, 0.6) is 11.5 Å². The summed E-state index contributed by atoms with van der Waals surface area (Å²) in [7, 11) is 1.73. The highest BCUT2D eigenvalue weighted by Crippen LogP contribution is 2.26. The molecular formula is C21H20N2O5S. The van der Waals surface area contributed by atoms with E-state index in [2.05, 4.69) is 5.32 Å². The average molecular weight is 412 g/mol. The molecule has 2 saturated heterocycles. The highest BCUT2D eigenvalue weighted by Gasteiger charge is 2.31. The van der Waals surface area contributed by atoms with Gasteiger partial charge in [0.2, 0.25) is 5.91 Å². The summed E-state index contributed by atoms with van der Waals surface area (Å²) < 4.78 is 11.2. The number of thioether (sulfide) groups is 1. The Hall–Kier alpha value is -3.00. The van der Waals surface area contributed by atoms with Crippen molar-refractivity contribution in [1.82, 2.24) is 10.2 Å². The third-order valence-electron chi connectivity index (χ3n) is 4.79. The highest BCUT2D eigenvalue weighted by atomic mass is 32.2. The van der Waals surface area contributed by atoms with Crippen molar-refractivity contribution in [2.75, 3.05) is 13.6 Å². The molecule has 2 aliphatic rings. The quantitative estimate of drug-likeness (QED) is 0.783. The van der Waals surface area contributed by atoms with Crippen LogP contribution < -0.4 is 10.1 Å². The van der Waals surface area contributed by atoms with Gasteiger partial charge in [-0.05, 0) is 41.8 Å². The Morgan fingerprint density at radius 3 is 2.07 bits per heavy atom. The number of nitrogens with one attached hydrogen (secondary N) is 1. The van der Waals surface area contributed by atoms with Crippen molar-refractivity contribution in [3.05, 3.63) is 59.7 Å². The van der Waals surface area contributed by atoms with Gasteiger partial charge in [0, 0.05) is 13.5 Å². The monoisotopic (exact) mass is 412 g/mol. The molecule has 2 heterocycles. The molecule has 0 bridgehead atoms. The molecule has 2 fully saturated rings. The smallest absolute Gasteiger partial charge is 0.409 e. The molecule has 4 rings (SSSR count). The van der Waals surface area contributed by atoms with Gasteiger partial charge in [0.05, 0.1) is 11.8 Å². The summed E-state index contributed by atoms with van der Waals surface area (Å²) in [5, 5.41) is 1.63. The maximum atomic E-state index is 11.7. The summed E-state index contributed by atoms with van der Waals surface area (Å²) in [6.45, 7) is 0.596. The summed E-state index contributed by atoms with van der Waals surface area (Å²) in [6, 6.07) is 15.2. The Bertz CT molecular complexity index is 929. The maximum Gasteiger partial charge on any atom is 0.409 e. The number of cyclic esters (lactones) is 1. The standard InChI is InChI=1S/C21H20N2O5S/c1-23-12-17(28-21(23)26)10-13-2-6-15(7-3-13)27-16-8-4-14(5-9-16)11-18-19(24)22-20(25)29-18/h2-9,17-18H,10-12H2,1H3,(H,22,24,25). The maximum absolute atomic E-state index is 11.7. The second-order valence-corrected chi connectivity index (χ2v) is 8.24. The van der Waals surface area contributed by atoms with Crippen LogP contribution in [0.3, 0.4) is 0 Å². The van der Waals surface area contributed by atoms with E-state index < -0.39 is 0 Å². The molecule has 29 heavy (non-hydrogen) atoms. The SMILES string of the molecule is CN1CC(Cc2ccc(Oc3ccc(CC4SC(=O)NC4=O)cc3)cc2)OC1=O. The molecule has 0 saturated carbocycles. The van der Waals surface area contributed by atoms with Gasteiger partial charge in [-0.25, -0.2) is 4.79 Å². The van der Waals surface area contributed by atoms with Gasteiger partial charge in [0.1, 0.15) is 17.6 Å². The number of ether oxygens (including phenoxy) is 2. The molecule has 0 spiro atoms. The normalized spacial score (nSPS) is 21.3. The van der Waals surface area contributed by atoms with Crippen molar-refractivity contribution in [1.29, 1.82) is 0 Å². The molecule has 0 radical (unpaired) electrons. The van der Waals surface area contributed by atoms with Crippen molar-refractivity contribution in [2.45, 2.75) is 24.2 Å². The molecule has 0 aromatic heterocycles. The van der Waals surface area contributed by atoms with Gasteiger partial charge in [-0.1, -0.05) is 36.0 Å². The summed E-state index contributed by atoms with van der Waals surface area (Å²) in [4.78, 5) is 35.9. The molecule has 7 nitrogen and oxygen atoms in total. The number of imide groups is 1. The number of rotatable bonds is 6. The molecule has 0 aliphatic carbocycles. The lowest BCUT2D eigenvalue weighted by atomic mass is 10.1. The summed E-state index contributed by atoms with van der Waals surface area (Å²) in [5.41, 5.74) is 2.04. The van der Waals surface area contributed by atoms with E-state index in [0.717, 1.165) is 22.9 Å². The van der Waals surface area contributed by atoms with Crippen LogP contribution in [0.15, 0.2) is 48.5 Å². The van der Waals surface area contributed by atoms with Crippen LogP contribution in [-0.4, -0.2) is 47.1 Å². The average Bonchev–Trinajstić information content (AvgIpc) is 3.18. The lowest BCUT2D eigenvalue weighted by Crippen LogP contribution is -2.25. The Balaban J connectivity index is 1.31. The zero-order chi connectivity index (χ0) is 20.4. The van der Waals surface area contributed by atoms with Crippen LogP contribution >= 0.6 is 11.8 Å². The van der Waals surface area contributed by atoms with Crippen molar-refractivity contribution < 1.29 is 23.9 Å². The first kappa shape index (κ1) is 19.3. The van der Waals surface area contributed by atoms with E-state index in [1.807, 2.05) is 48.5 Å². The van der Waals surface area contributed by atoms with Gasteiger partial charge < -0.3 is 14.4 Å². The number of amides is 3. The van der Waals surface area contributed by atoms with Crippen LogP contribution in [0.4, 0.5) is 9.59 Å². The Labute approximate surface area is 172 Å². The lowest BCUT2D eigenvalue weighted by molar-refractivity contribution is -0.118. The minimum absolute atomic E-state index is 0.123. The topological polar surface area (TPSA) is 84.9 Å². The molecule has 8 heteroatoms. The van der Waals surface area contributed by atoms with E-state index in [-0.39, 0.29) is 28.6 Å². The molecule has 1 N–H and O–H groups in total. The number of hydrogen-bond donors (Lipinski definition) is 1. The second-order valence-electron chi connectivity index (χ2n) is 7.07. The summed E-state index contributed by atoms with van der Waals surface area (Å²) in [6.07, 6.45) is 0.762. The third-order valence-corrected chi connectivity index (χ3v) is 5.77. The first-order valence-electron chi connectivity index (χ1n) is 9.25. The first-order chi connectivity index (χ1) is 14.0. The Kier molecular flexibility index (Phi) is 5.44. The zero-order valence-corrected chi connectivity index (χ0v) is 16.6. The predicted octanol–water partition coefficient (Wildman–Crippen LogP) is 3.37. The van der Waals surface area contributed by atoms with Gasteiger partial charge in [0.15, 0.2) is 0 Å². The highest BCUT2D eigenvalue weighted by molar-refractivity contribution is 8.15. The fourth-order valence-corrected chi connectivity index (χ4v) is 4.14. The van der Waals surface area contributed by atoms with E-state index in [1.54, 1.807) is 11.9 Å². The van der Waals surface area contributed by atoms with E-state index >= 15 is 0 Å². The lowest BCUT2D eigenvalue weighted by Gasteiger charge is -2.10. The predicted molar refractivity (Wildman–Crippen MR) is 108 cm³/mol. The van der Waals surface area contributed by atoms with Gasteiger partial charge in [-0.15, -0.1) is 0 Å². The number of carbonyl (C=O) groups is 3. The van der Waals surface area contributed by atoms with E-state index in [4.69, 9.17) is 9.47 Å². The largest absolute Gasteiger partial charge is 0.457 e. The zero-order valence-electron chi connectivity index (χ0n) is 15.8. The minimum atomic E-state index is -0.374. The molecular weight excluding hydrogens is 392 g/mol. The number of nitrogens with zero attached hydrogens (tertiary/aromatic N) is 1.